The summed E-state index contributed by atoms with van der Waals surface area (Å²) in [6.07, 6.45) is 11.1. The minimum absolute atomic E-state index is 0.0137. The highest BCUT2D eigenvalue weighted by Crippen LogP contribution is 2.53. The average Bonchev–Trinajstić information content (AvgIpc) is 3.26. The molecule has 1 aromatic rings. The Morgan fingerprint density at radius 1 is 0.950 bits per heavy atom. The van der Waals surface area contributed by atoms with Crippen LogP contribution in [0, 0.1) is 11.8 Å². The van der Waals surface area contributed by atoms with Crippen molar-refractivity contribution >= 4 is 23.4 Å². The van der Waals surface area contributed by atoms with Crippen molar-refractivity contribution in [3.05, 3.63) is 48.6 Å². The summed E-state index contributed by atoms with van der Waals surface area (Å²) in [7, 11) is 0. The summed E-state index contributed by atoms with van der Waals surface area (Å²) in [5, 5.41) is 9.38. The number of likely N-dealkylation sites (tertiary alicyclic amines) is 1. The number of ether oxygens (including phenoxy) is 2. The second-order valence-corrected chi connectivity index (χ2v) is 11.0. The Morgan fingerprint density at radius 2 is 1.73 bits per heavy atom. The van der Waals surface area contributed by atoms with Crippen LogP contribution in [-0.4, -0.2) is 89.8 Å². The third-order valence-corrected chi connectivity index (χ3v) is 8.54. The molecule has 1 N–H and O–H groups in total. The molecule has 4 heterocycles. The number of hydrogen-bond donors (Lipinski definition) is 1. The molecule has 9 nitrogen and oxygen atoms in total. The van der Waals surface area contributed by atoms with E-state index in [1.165, 1.54) is 0 Å². The minimum atomic E-state index is -1.22. The predicted octanol–water partition coefficient (Wildman–Crippen LogP) is 2.93. The number of unbranched alkanes of at least 4 members (excludes halogenated alkanes) is 3. The maximum Gasteiger partial charge on any atom is 0.249 e. The molecule has 1 spiro atoms. The van der Waals surface area contributed by atoms with Crippen LogP contribution in [0.15, 0.2) is 48.6 Å². The monoisotopic (exact) mass is 551 g/mol. The molecule has 4 aliphatic rings. The quantitative estimate of drug-likeness (QED) is 0.335. The van der Waals surface area contributed by atoms with Gasteiger partial charge in [0.15, 0.2) is 0 Å². The van der Waals surface area contributed by atoms with Crippen LogP contribution in [0.25, 0.3) is 0 Å². The molecule has 0 bridgehead atoms. The standard InChI is InChI=1S/C31H41N3O6/c1-3-5-6-17-32-18-10-16-31-26(29(37)34(19-7-8-21-35)27(31)30(32)38)25-24(40-31)11-9-20-33(28(25)36)22-12-14-23(15-13-22)39-4-2/h9-16,24-27,35H,3-8,17-21H2,1-2H3/t24-,25+,26+,27?,31+/m1/s1. The molecular formula is C31H41N3O6. The topological polar surface area (TPSA) is 99.6 Å². The fourth-order valence-electron chi connectivity index (χ4n) is 6.69. The third-order valence-electron chi connectivity index (χ3n) is 8.54. The molecule has 0 radical (unpaired) electrons. The van der Waals surface area contributed by atoms with Crippen molar-refractivity contribution in [3.8, 4) is 5.75 Å². The van der Waals surface area contributed by atoms with Crippen LogP contribution in [0.5, 0.6) is 5.75 Å². The van der Waals surface area contributed by atoms with E-state index in [0.29, 0.717) is 45.6 Å². The van der Waals surface area contributed by atoms with Gasteiger partial charge in [0, 0.05) is 38.5 Å². The molecular weight excluding hydrogens is 510 g/mol. The van der Waals surface area contributed by atoms with Crippen LogP contribution in [0.1, 0.15) is 46.0 Å². The smallest absolute Gasteiger partial charge is 0.249 e. The Kier molecular flexibility index (Phi) is 8.61. The molecule has 3 amide bonds. The fraction of sp³-hybridized carbons (Fsp3) is 0.581. The Balaban J connectivity index is 1.49. The first-order valence-electron chi connectivity index (χ1n) is 14.7. The van der Waals surface area contributed by atoms with Gasteiger partial charge in [-0.05, 0) is 50.5 Å². The maximum absolute atomic E-state index is 14.2. The summed E-state index contributed by atoms with van der Waals surface area (Å²) < 4.78 is 12.3. The predicted molar refractivity (Wildman–Crippen MR) is 151 cm³/mol. The largest absolute Gasteiger partial charge is 0.494 e. The van der Waals surface area contributed by atoms with Gasteiger partial charge in [0.2, 0.25) is 17.7 Å². The van der Waals surface area contributed by atoms with Crippen molar-refractivity contribution in [1.82, 2.24) is 9.80 Å². The Morgan fingerprint density at radius 3 is 2.45 bits per heavy atom. The van der Waals surface area contributed by atoms with Crippen molar-refractivity contribution in [2.45, 2.75) is 63.7 Å². The van der Waals surface area contributed by atoms with Gasteiger partial charge >= 0.3 is 0 Å². The first-order valence-corrected chi connectivity index (χ1v) is 14.7. The van der Waals surface area contributed by atoms with E-state index in [-0.39, 0.29) is 24.3 Å². The van der Waals surface area contributed by atoms with E-state index in [1.807, 2.05) is 60.4 Å². The van der Waals surface area contributed by atoms with Gasteiger partial charge in [-0.2, -0.15) is 0 Å². The first-order chi connectivity index (χ1) is 19.5. The molecule has 5 rings (SSSR count). The molecule has 9 heteroatoms. The Labute approximate surface area is 236 Å². The van der Waals surface area contributed by atoms with Crippen LogP contribution in [0.4, 0.5) is 5.69 Å². The van der Waals surface area contributed by atoms with Crippen molar-refractivity contribution in [2.24, 2.45) is 11.8 Å². The van der Waals surface area contributed by atoms with Gasteiger partial charge in [0.25, 0.3) is 0 Å². The SMILES string of the molecule is CCCCCN1CC=C[C@]23O[C@@H]4C=CCN(c5ccc(OCC)cc5)C(=O)[C@@H]4[C@H]2C(=O)N(CCCCO)C3C1=O. The highest BCUT2D eigenvalue weighted by Gasteiger charge is 2.71. The number of amides is 3. The van der Waals surface area contributed by atoms with Gasteiger partial charge in [-0.1, -0.05) is 44.1 Å². The van der Waals surface area contributed by atoms with Gasteiger partial charge in [-0.25, -0.2) is 0 Å². The number of aliphatic hydroxyl groups is 1. The Bertz CT molecular complexity index is 1150. The number of rotatable bonds is 11. The lowest BCUT2D eigenvalue weighted by molar-refractivity contribution is -0.147. The fourth-order valence-corrected chi connectivity index (χ4v) is 6.69. The van der Waals surface area contributed by atoms with E-state index >= 15 is 0 Å². The molecule has 4 aliphatic heterocycles. The van der Waals surface area contributed by atoms with E-state index in [2.05, 4.69) is 6.92 Å². The van der Waals surface area contributed by atoms with Gasteiger partial charge in [-0.15, -0.1) is 0 Å². The number of nitrogens with zero attached hydrogens (tertiary/aromatic N) is 3. The molecule has 216 valence electrons. The van der Waals surface area contributed by atoms with Crippen LogP contribution in [-0.2, 0) is 19.1 Å². The molecule has 1 unspecified atom stereocenters. The zero-order chi connectivity index (χ0) is 28.3. The van der Waals surface area contributed by atoms with Gasteiger partial charge < -0.3 is 29.3 Å². The molecule has 40 heavy (non-hydrogen) atoms. The van der Waals surface area contributed by atoms with E-state index < -0.39 is 29.6 Å². The number of anilines is 1. The maximum atomic E-state index is 14.2. The number of fused-ring (bicyclic) bond motifs is 2. The molecule has 1 aromatic carbocycles. The molecule has 0 aliphatic carbocycles. The molecule has 5 atom stereocenters. The molecule has 0 saturated carbocycles. The molecule has 2 fully saturated rings. The van der Waals surface area contributed by atoms with Crippen molar-refractivity contribution < 1.29 is 29.0 Å². The van der Waals surface area contributed by atoms with Crippen LogP contribution in [0.2, 0.25) is 0 Å². The zero-order valence-corrected chi connectivity index (χ0v) is 23.5. The summed E-state index contributed by atoms with van der Waals surface area (Å²) in [4.78, 5) is 47.7. The highest BCUT2D eigenvalue weighted by molar-refractivity contribution is 6.03. The van der Waals surface area contributed by atoms with E-state index in [1.54, 1.807) is 9.80 Å². The third kappa shape index (κ3) is 4.94. The van der Waals surface area contributed by atoms with Crippen LogP contribution < -0.4 is 9.64 Å². The van der Waals surface area contributed by atoms with Crippen LogP contribution in [0.3, 0.4) is 0 Å². The second kappa shape index (κ2) is 12.1. The zero-order valence-electron chi connectivity index (χ0n) is 23.5. The number of carbonyl (C=O) groups excluding carboxylic acids is 3. The van der Waals surface area contributed by atoms with Crippen molar-refractivity contribution in [1.29, 1.82) is 0 Å². The van der Waals surface area contributed by atoms with Crippen molar-refractivity contribution in [2.75, 3.05) is 44.3 Å². The summed E-state index contributed by atoms with van der Waals surface area (Å²) in [6.45, 7) is 6.37. The normalized spacial score (nSPS) is 29.4. The average molecular weight is 552 g/mol. The molecule has 0 aromatic heterocycles. The lowest BCUT2D eigenvalue weighted by atomic mass is 9.77. The summed E-state index contributed by atoms with van der Waals surface area (Å²) in [6, 6.07) is 6.55. The minimum Gasteiger partial charge on any atom is -0.494 e. The number of hydrogen-bond acceptors (Lipinski definition) is 6. The van der Waals surface area contributed by atoms with E-state index in [9.17, 15) is 19.5 Å². The highest BCUT2D eigenvalue weighted by atomic mass is 16.5. The van der Waals surface area contributed by atoms with Crippen LogP contribution >= 0.6 is 0 Å². The van der Waals surface area contributed by atoms with E-state index in [4.69, 9.17) is 9.47 Å². The summed E-state index contributed by atoms with van der Waals surface area (Å²) in [5.74, 6) is -1.38. The van der Waals surface area contributed by atoms with E-state index in [0.717, 1.165) is 30.7 Å². The first kappa shape index (κ1) is 28.4. The van der Waals surface area contributed by atoms with Gasteiger partial charge in [0.1, 0.15) is 17.4 Å². The number of benzene rings is 1. The number of aliphatic hydroxyl groups excluding tert-OH is 1. The van der Waals surface area contributed by atoms with Gasteiger partial charge in [0.05, 0.1) is 24.5 Å². The molecule has 2 saturated heterocycles. The second-order valence-electron chi connectivity index (χ2n) is 11.0. The van der Waals surface area contributed by atoms with Gasteiger partial charge in [-0.3, -0.25) is 14.4 Å². The lowest BCUT2D eigenvalue weighted by Crippen LogP contribution is -2.55. The Hall–Kier alpha value is -3.17. The lowest BCUT2D eigenvalue weighted by Gasteiger charge is -2.35. The summed E-state index contributed by atoms with van der Waals surface area (Å²) in [5.41, 5.74) is -0.500. The van der Waals surface area contributed by atoms with Crippen molar-refractivity contribution in [3.63, 3.8) is 0 Å². The number of carbonyl (C=O) groups is 3. The summed E-state index contributed by atoms with van der Waals surface area (Å²) >= 11 is 0.